The molecule has 0 aliphatic carbocycles. The molecule has 2 aliphatic heterocycles. The van der Waals surface area contributed by atoms with Gasteiger partial charge in [0.05, 0.1) is 34.2 Å². The van der Waals surface area contributed by atoms with Gasteiger partial charge >= 0.3 is 0 Å². The van der Waals surface area contributed by atoms with Gasteiger partial charge in [-0.3, -0.25) is 4.98 Å². The van der Waals surface area contributed by atoms with Crippen molar-refractivity contribution in [3.8, 4) is 11.3 Å². The first-order chi connectivity index (χ1) is 19.2. The molecule has 1 saturated heterocycles. The molecule has 39 heavy (non-hydrogen) atoms. The van der Waals surface area contributed by atoms with E-state index in [9.17, 15) is 0 Å². The molecule has 2 aliphatic rings. The fraction of sp³-hybridized carbons (Fsp3) is 0.355. The lowest BCUT2D eigenvalue weighted by molar-refractivity contribution is 0.0552. The van der Waals surface area contributed by atoms with E-state index >= 15 is 0 Å². The van der Waals surface area contributed by atoms with Crippen LogP contribution in [0.4, 0.5) is 0 Å². The minimum atomic E-state index is 0.122. The first-order valence-electron chi connectivity index (χ1n) is 13.8. The first kappa shape index (κ1) is 24.5. The number of hydrogen-bond acceptors (Lipinski definition) is 6. The van der Waals surface area contributed by atoms with Gasteiger partial charge in [-0.2, -0.15) is 11.8 Å². The smallest absolute Gasteiger partial charge is 0.143 e. The molecule has 0 radical (unpaired) electrons. The minimum Gasteiger partial charge on any atom is -0.381 e. The monoisotopic (exact) mass is 536 g/mol. The molecular formula is C31H32N6OS. The standard InChI is InChI=1S/C31H32N6OS/c1-20-29(36(2)35-34-20)24-18-27-28(32-19-24)25-8-9-26(21-12-16-39-17-13-21)33-31(25)37(27)30(22-6-4-3-5-7-22)23-10-14-38-15-11-23/h3-9,12,18-19,23,30H,10-11,13-17H2,1-2H3/t30-/m1/s1. The number of rotatable bonds is 5. The van der Waals surface area contributed by atoms with E-state index in [1.54, 1.807) is 0 Å². The maximum atomic E-state index is 5.81. The number of fused-ring (bicyclic) bond motifs is 3. The third-order valence-corrected chi connectivity index (χ3v) is 9.07. The Hall–Kier alpha value is -3.49. The van der Waals surface area contributed by atoms with Gasteiger partial charge in [0, 0.05) is 43.2 Å². The van der Waals surface area contributed by atoms with Crippen LogP contribution in [0.3, 0.4) is 0 Å². The van der Waals surface area contributed by atoms with Gasteiger partial charge in [-0.05, 0) is 67.2 Å². The average Bonchev–Trinajstić information content (AvgIpc) is 3.50. The molecule has 7 nitrogen and oxygen atoms in total. The Morgan fingerprint density at radius 1 is 1.08 bits per heavy atom. The van der Waals surface area contributed by atoms with Crippen LogP contribution >= 0.6 is 11.8 Å². The van der Waals surface area contributed by atoms with Crippen LogP contribution in [-0.4, -0.2) is 54.2 Å². The predicted octanol–water partition coefficient (Wildman–Crippen LogP) is 6.22. The van der Waals surface area contributed by atoms with E-state index in [0.717, 1.165) is 88.7 Å². The number of aromatic nitrogens is 6. The van der Waals surface area contributed by atoms with Gasteiger partial charge in [-0.25, -0.2) is 9.67 Å². The van der Waals surface area contributed by atoms with Gasteiger partial charge in [0.1, 0.15) is 5.65 Å². The Kier molecular flexibility index (Phi) is 6.45. The van der Waals surface area contributed by atoms with Crippen molar-refractivity contribution in [2.24, 2.45) is 13.0 Å². The van der Waals surface area contributed by atoms with Gasteiger partial charge < -0.3 is 9.30 Å². The van der Waals surface area contributed by atoms with Crippen molar-refractivity contribution in [1.29, 1.82) is 0 Å². The molecule has 1 aromatic carbocycles. The quantitative estimate of drug-likeness (QED) is 0.265. The highest BCUT2D eigenvalue weighted by Gasteiger charge is 2.31. The fourth-order valence-electron chi connectivity index (χ4n) is 6.29. The number of hydrogen-bond donors (Lipinski definition) is 0. The molecule has 0 unspecified atom stereocenters. The Labute approximate surface area is 232 Å². The zero-order valence-electron chi connectivity index (χ0n) is 22.4. The Balaban J connectivity index is 1.53. The normalized spacial score (nSPS) is 17.5. The third kappa shape index (κ3) is 4.36. The van der Waals surface area contributed by atoms with Crippen LogP contribution in [-0.2, 0) is 11.8 Å². The van der Waals surface area contributed by atoms with Crippen LogP contribution in [0.5, 0.6) is 0 Å². The number of thioether (sulfide) groups is 1. The van der Waals surface area contributed by atoms with E-state index in [4.69, 9.17) is 14.7 Å². The lowest BCUT2D eigenvalue weighted by atomic mass is 9.86. The van der Waals surface area contributed by atoms with Crippen molar-refractivity contribution in [2.45, 2.75) is 32.2 Å². The summed E-state index contributed by atoms with van der Waals surface area (Å²) < 4.78 is 10.1. The Morgan fingerprint density at radius 3 is 2.67 bits per heavy atom. The van der Waals surface area contributed by atoms with Crippen molar-refractivity contribution in [1.82, 2.24) is 29.5 Å². The van der Waals surface area contributed by atoms with Crippen LogP contribution in [0, 0.1) is 12.8 Å². The summed E-state index contributed by atoms with van der Waals surface area (Å²) in [5.74, 6) is 2.63. The van der Waals surface area contributed by atoms with Crippen LogP contribution in [0.25, 0.3) is 38.9 Å². The van der Waals surface area contributed by atoms with Crippen molar-refractivity contribution in [2.75, 3.05) is 24.7 Å². The van der Waals surface area contributed by atoms with Gasteiger partial charge in [-0.1, -0.05) is 41.6 Å². The highest BCUT2D eigenvalue weighted by atomic mass is 32.2. The van der Waals surface area contributed by atoms with Crippen LogP contribution in [0.15, 0.2) is 60.8 Å². The third-order valence-electron chi connectivity index (χ3n) is 8.18. The first-order valence-corrected chi connectivity index (χ1v) is 14.9. The summed E-state index contributed by atoms with van der Waals surface area (Å²) in [6, 6.07) is 17.7. The zero-order valence-corrected chi connectivity index (χ0v) is 23.2. The van der Waals surface area contributed by atoms with E-state index in [1.807, 2.05) is 36.6 Å². The fourth-order valence-corrected chi connectivity index (χ4v) is 7.14. The van der Waals surface area contributed by atoms with Gasteiger partial charge in [0.15, 0.2) is 0 Å². The summed E-state index contributed by atoms with van der Waals surface area (Å²) in [5, 5.41) is 9.65. The van der Waals surface area contributed by atoms with E-state index in [0.29, 0.717) is 5.92 Å². The molecule has 6 heterocycles. The number of ether oxygens (including phenoxy) is 1. The van der Waals surface area contributed by atoms with Gasteiger partial charge in [-0.15, -0.1) is 5.10 Å². The van der Waals surface area contributed by atoms with E-state index in [-0.39, 0.29) is 6.04 Å². The van der Waals surface area contributed by atoms with Crippen molar-refractivity contribution >= 4 is 39.4 Å². The number of aryl methyl sites for hydroxylation is 2. The molecule has 4 aromatic heterocycles. The van der Waals surface area contributed by atoms with Gasteiger partial charge in [0.2, 0.25) is 0 Å². The summed E-state index contributed by atoms with van der Waals surface area (Å²) in [7, 11) is 1.94. The summed E-state index contributed by atoms with van der Waals surface area (Å²) in [5.41, 5.74) is 9.72. The topological polar surface area (TPSA) is 70.7 Å². The predicted molar refractivity (Wildman–Crippen MR) is 158 cm³/mol. The second kappa shape index (κ2) is 10.2. The average molecular weight is 537 g/mol. The maximum Gasteiger partial charge on any atom is 0.143 e. The second-order valence-electron chi connectivity index (χ2n) is 10.5. The molecule has 5 aromatic rings. The molecule has 0 N–H and O–H groups in total. The molecule has 8 heteroatoms. The molecule has 0 saturated carbocycles. The van der Waals surface area contributed by atoms with Crippen LogP contribution in [0.1, 0.15) is 42.3 Å². The molecule has 0 amide bonds. The van der Waals surface area contributed by atoms with E-state index < -0.39 is 0 Å². The molecule has 1 atom stereocenters. The molecule has 0 spiro atoms. The van der Waals surface area contributed by atoms with E-state index in [2.05, 4.69) is 69.5 Å². The van der Waals surface area contributed by atoms with E-state index in [1.165, 1.54) is 11.1 Å². The maximum absolute atomic E-state index is 5.81. The highest BCUT2D eigenvalue weighted by molar-refractivity contribution is 7.99. The SMILES string of the molecule is Cc1nnn(C)c1-c1cnc2c3ccc(C4=CCSCC4)nc3n([C@H](c3ccccc3)C3CCOCC3)c2c1. The number of allylic oxidation sites excluding steroid dienone is 1. The summed E-state index contributed by atoms with van der Waals surface area (Å²) in [4.78, 5) is 10.4. The summed E-state index contributed by atoms with van der Waals surface area (Å²) >= 11 is 1.98. The Bertz CT molecular complexity index is 1660. The van der Waals surface area contributed by atoms with Crippen LogP contribution < -0.4 is 0 Å². The zero-order chi connectivity index (χ0) is 26.3. The van der Waals surface area contributed by atoms with Gasteiger partial charge in [0.25, 0.3) is 0 Å². The molecule has 0 bridgehead atoms. The molecule has 198 valence electrons. The number of nitrogens with zero attached hydrogens (tertiary/aromatic N) is 6. The van der Waals surface area contributed by atoms with Crippen molar-refractivity contribution in [3.05, 3.63) is 77.8 Å². The lowest BCUT2D eigenvalue weighted by Crippen LogP contribution is -2.27. The van der Waals surface area contributed by atoms with Crippen molar-refractivity contribution in [3.63, 3.8) is 0 Å². The molecular weight excluding hydrogens is 504 g/mol. The largest absolute Gasteiger partial charge is 0.381 e. The number of pyridine rings is 2. The number of benzene rings is 1. The lowest BCUT2D eigenvalue weighted by Gasteiger charge is -2.33. The summed E-state index contributed by atoms with van der Waals surface area (Å²) in [6.07, 6.45) is 7.39. The molecule has 7 rings (SSSR count). The molecule has 1 fully saturated rings. The second-order valence-corrected chi connectivity index (χ2v) is 11.7. The minimum absolute atomic E-state index is 0.122. The Morgan fingerprint density at radius 2 is 1.92 bits per heavy atom. The van der Waals surface area contributed by atoms with Crippen LogP contribution in [0.2, 0.25) is 0 Å². The summed E-state index contributed by atoms with van der Waals surface area (Å²) in [6.45, 7) is 3.58. The highest BCUT2D eigenvalue weighted by Crippen LogP contribution is 2.41. The van der Waals surface area contributed by atoms with Crippen molar-refractivity contribution < 1.29 is 4.74 Å².